The van der Waals surface area contributed by atoms with Crippen molar-refractivity contribution < 1.29 is 0 Å². The minimum Gasteiger partial charge on any atom is -0.135 e. The third-order valence-corrected chi connectivity index (χ3v) is 10.0. The molecule has 0 saturated heterocycles. The molecule has 1 heterocycles. The van der Waals surface area contributed by atoms with Crippen LogP contribution in [0.25, 0.3) is 85.9 Å². The van der Waals surface area contributed by atoms with E-state index < -0.39 is 0 Å². The number of hydrogen-bond donors (Lipinski definition) is 0. The monoisotopic (exact) mass is 562 g/mol. The Morgan fingerprint density at radius 2 is 0.767 bits per heavy atom. The van der Waals surface area contributed by atoms with Gasteiger partial charge in [-0.1, -0.05) is 140 Å². The highest BCUT2D eigenvalue weighted by Gasteiger charge is 2.19. The Hall–Kier alpha value is -5.24. The summed E-state index contributed by atoms with van der Waals surface area (Å²) in [5.41, 5.74) is 7.64. The van der Waals surface area contributed by atoms with Gasteiger partial charge in [-0.25, -0.2) is 0 Å². The zero-order valence-electron chi connectivity index (χ0n) is 23.4. The molecule has 200 valence electrons. The van der Waals surface area contributed by atoms with Gasteiger partial charge < -0.3 is 0 Å². The maximum Gasteiger partial charge on any atom is 0.0355 e. The molecule has 8 aromatic carbocycles. The van der Waals surface area contributed by atoms with E-state index in [0.29, 0.717) is 0 Å². The van der Waals surface area contributed by atoms with Gasteiger partial charge in [0.1, 0.15) is 0 Å². The van der Waals surface area contributed by atoms with E-state index >= 15 is 0 Å². The second-order valence-electron chi connectivity index (χ2n) is 11.2. The van der Waals surface area contributed by atoms with E-state index in [1.165, 1.54) is 85.9 Å². The largest absolute Gasteiger partial charge is 0.135 e. The first-order valence-electron chi connectivity index (χ1n) is 14.8. The number of rotatable bonds is 3. The zero-order chi connectivity index (χ0) is 28.3. The SMILES string of the molecule is c1ccc(-c2c3ccccc3c(-c3ccc(-c4ccc5sc6ccccc6c5c4)c4ccccc34)c3ccccc23)cc1. The van der Waals surface area contributed by atoms with Crippen molar-refractivity contribution in [1.29, 1.82) is 0 Å². The highest BCUT2D eigenvalue weighted by atomic mass is 32.1. The van der Waals surface area contributed by atoms with Crippen LogP contribution >= 0.6 is 11.3 Å². The molecule has 0 atom stereocenters. The third kappa shape index (κ3) is 3.75. The maximum absolute atomic E-state index is 2.38. The van der Waals surface area contributed by atoms with Crippen molar-refractivity contribution in [3.8, 4) is 33.4 Å². The average Bonchev–Trinajstić information content (AvgIpc) is 3.45. The highest BCUT2D eigenvalue weighted by Crippen LogP contribution is 2.46. The van der Waals surface area contributed by atoms with Crippen molar-refractivity contribution >= 4 is 63.8 Å². The molecule has 0 aliphatic rings. The number of hydrogen-bond acceptors (Lipinski definition) is 1. The number of benzene rings is 8. The van der Waals surface area contributed by atoms with Crippen LogP contribution in [0, 0.1) is 0 Å². The van der Waals surface area contributed by atoms with Gasteiger partial charge in [0.25, 0.3) is 0 Å². The van der Waals surface area contributed by atoms with Crippen molar-refractivity contribution in [2.45, 2.75) is 0 Å². The van der Waals surface area contributed by atoms with E-state index in [1.807, 2.05) is 11.3 Å². The normalized spacial score (nSPS) is 11.7. The van der Waals surface area contributed by atoms with Crippen LogP contribution in [0.15, 0.2) is 158 Å². The van der Waals surface area contributed by atoms with E-state index in [0.717, 1.165) is 0 Å². The summed E-state index contributed by atoms with van der Waals surface area (Å²) >= 11 is 1.87. The van der Waals surface area contributed by atoms with Gasteiger partial charge in [0.2, 0.25) is 0 Å². The summed E-state index contributed by atoms with van der Waals surface area (Å²) in [4.78, 5) is 0. The van der Waals surface area contributed by atoms with Gasteiger partial charge in [-0.3, -0.25) is 0 Å². The minimum absolute atomic E-state index is 1.25. The van der Waals surface area contributed by atoms with E-state index in [-0.39, 0.29) is 0 Å². The Balaban J connectivity index is 1.34. The van der Waals surface area contributed by atoms with Crippen LogP contribution in [-0.2, 0) is 0 Å². The summed E-state index contributed by atoms with van der Waals surface area (Å²) < 4.78 is 2.68. The summed E-state index contributed by atoms with van der Waals surface area (Å²) in [6.07, 6.45) is 0. The smallest absolute Gasteiger partial charge is 0.0355 e. The van der Waals surface area contributed by atoms with E-state index in [4.69, 9.17) is 0 Å². The predicted molar refractivity (Wildman–Crippen MR) is 188 cm³/mol. The van der Waals surface area contributed by atoms with Crippen molar-refractivity contribution in [2.75, 3.05) is 0 Å². The molecule has 1 aromatic heterocycles. The Morgan fingerprint density at radius 3 is 1.44 bits per heavy atom. The van der Waals surface area contributed by atoms with Crippen molar-refractivity contribution in [2.24, 2.45) is 0 Å². The lowest BCUT2D eigenvalue weighted by Gasteiger charge is -2.19. The fourth-order valence-electron chi connectivity index (χ4n) is 7.00. The topological polar surface area (TPSA) is 0 Å². The third-order valence-electron chi connectivity index (χ3n) is 8.88. The van der Waals surface area contributed by atoms with Gasteiger partial charge in [-0.2, -0.15) is 0 Å². The number of thiophene rings is 1. The van der Waals surface area contributed by atoms with Crippen molar-refractivity contribution in [3.05, 3.63) is 158 Å². The fourth-order valence-corrected chi connectivity index (χ4v) is 8.08. The lowest BCUT2D eigenvalue weighted by molar-refractivity contribution is 1.66. The average molecular weight is 563 g/mol. The summed E-state index contributed by atoms with van der Waals surface area (Å²) in [6, 6.07) is 58.0. The van der Waals surface area contributed by atoms with Gasteiger partial charge in [0.05, 0.1) is 0 Å². The van der Waals surface area contributed by atoms with Gasteiger partial charge in [-0.15, -0.1) is 11.3 Å². The van der Waals surface area contributed by atoms with E-state index in [1.54, 1.807) is 0 Å². The Kier molecular flexibility index (Phi) is 5.47. The Bertz CT molecular complexity index is 2440. The molecule has 1 heteroatoms. The summed E-state index contributed by atoms with van der Waals surface area (Å²) in [5.74, 6) is 0. The molecule has 0 nitrogen and oxygen atoms in total. The molecule has 0 aliphatic carbocycles. The Morgan fingerprint density at radius 1 is 0.279 bits per heavy atom. The van der Waals surface area contributed by atoms with Crippen molar-refractivity contribution in [3.63, 3.8) is 0 Å². The molecule has 9 aromatic rings. The standard InChI is InChI=1S/C42H26S/c1-2-12-27(13-3-1)41-33-17-6-8-19-35(33)42(36-20-9-7-18-34(36)41)37-24-23-29(30-14-4-5-15-31(30)37)28-22-25-40-38(26-28)32-16-10-11-21-39(32)43-40/h1-26H. The molecule has 0 saturated carbocycles. The molecule has 0 aliphatic heterocycles. The molecular weight excluding hydrogens is 537 g/mol. The first kappa shape index (κ1) is 24.4. The van der Waals surface area contributed by atoms with Crippen LogP contribution < -0.4 is 0 Å². The van der Waals surface area contributed by atoms with Crippen LogP contribution in [0.3, 0.4) is 0 Å². The fraction of sp³-hybridized carbons (Fsp3) is 0. The van der Waals surface area contributed by atoms with Crippen LogP contribution in [0.4, 0.5) is 0 Å². The first-order chi connectivity index (χ1) is 21.3. The van der Waals surface area contributed by atoms with E-state index in [9.17, 15) is 0 Å². The van der Waals surface area contributed by atoms with E-state index in [2.05, 4.69) is 158 Å². The van der Waals surface area contributed by atoms with Crippen LogP contribution in [-0.4, -0.2) is 0 Å². The second-order valence-corrected chi connectivity index (χ2v) is 12.3. The summed E-state index contributed by atoms with van der Waals surface area (Å²) in [7, 11) is 0. The predicted octanol–water partition coefficient (Wildman–Crippen LogP) is 12.5. The van der Waals surface area contributed by atoms with Gasteiger partial charge in [0, 0.05) is 20.2 Å². The summed E-state index contributed by atoms with van der Waals surface area (Å²) in [6.45, 7) is 0. The molecule has 0 fully saturated rings. The molecule has 0 unspecified atom stereocenters. The van der Waals surface area contributed by atoms with Gasteiger partial charge in [0.15, 0.2) is 0 Å². The maximum atomic E-state index is 2.38. The Labute approximate surface area is 254 Å². The van der Waals surface area contributed by atoms with Crippen LogP contribution in [0.2, 0.25) is 0 Å². The van der Waals surface area contributed by atoms with Gasteiger partial charge in [-0.05, 0) is 83.9 Å². The summed E-state index contributed by atoms with van der Waals surface area (Å²) in [5, 5.41) is 10.3. The van der Waals surface area contributed by atoms with Crippen LogP contribution in [0.1, 0.15) is 0 Å². The highest BCUT2D eigenvalue weighted by molar-refractivity contribution is 7.25. The second kappa shape index (κ2) is 9.66. The zero-order valence-corrected chi connectivity index (χ0v) is 24.2. The van der Waals surface area contributed by atoms with Crippen LogP contribution in [0.5, 0.6) is 0 Å². The van der Waals surface area contributed by atoms with Crippen molar-refractivity contribution in [1.82, 2.24) is 0 Å². The molecule has 9 rings (SSSR count). The molecule has 0 radical (unpaired) electrons. The number of fused-ring (bicyclic) bond motifs is 6. The lowest BCUT2D eigenvalue weighted by Crippen LogP contribution is -1.92. The minimum atomic E-state index is 1.25. The first-order valence-corrected chi connectivity index (χ1v) is 15.6. The quantitative estimate of drug-likeness (QED) is 0.188. The molecule has 0 spiro atoms. The molecule has 43 heavy (non-hydrogen) atoms. The molecule has 0 amide bonds. The molecule has 0 bridgehead atoms. The van der Waals surface area contributed by atoms with Gasteiger partial charge >= 0.3 is 0 Å². The molecular formula is C42H26S. The lowest BCUT2D eigenvalue weighted by atomic mass is 9.84. The molecule has 0 N–H and O–H groups in total.